The normalized spacial score (nSPS) is 9.30. The number of nitriles is 2. The van der Waals surface area contributed by atoms with Crippen LogP contribution in [0.1, 0.15) is 0 Å². The van der Waals surface area contributed by atoms with Gasteiger partial charge in [0.05, 0.1) is 10.3 Å². The van der Waals surface area contributed by atoms with Gasteiger partial charge in [-0.05, 0) is 12.1 Å². The number of benzene rings is 2. The van der Waals surface area contributed by atoms with Crippen LogP contribution in [0.25, 0.3) is 10.8 Å². The Labute approximate surface area is 114 Å². The number of nitrogens with zero attached hydrogens (tertiary/aromatic N) is 3. The molecule has 2 aromatic carbocycles. The summed E-state index contributed by atoms with van der Waals surface area (Å²) in [6.07, 6.45) is 1.27. The monoisotopic (exact) mass is 264 g/mol. The highest BCUT2D eigenvalue weighted by atomic mass is 16.6. The summed E-state index contributed by atoms with van der Waals surface area (Å²) in [6.45, 7) is 0. The molecule has 6 heteroatoms. The number of nitro benzene ring substituents is 1. The van der Waals surface area contributed by atoms with Crippen molar-refractivity contribution in [2.75, 3.05) is 5.32 Å². The molecule has 1 N–H and O–H groups in total. The van der Waals surface area contributed by atoms with E-state index >= 15 is 0 Å². The zero-order valence-electron chi connectivity index (χ0n) is 10.2. The van der Waals surface area contributed by atoms with Crippen molar-refractivity contribution in [3.05, 3.63) is 58.3 Å². The van der Waals surface area contributed by atoms with Gasteiger partial charge in [0.25, 0.3) is 5.69 Å². The van der Waals surface area contributed by atoms with E-state index in [4.69, 9.17) is 10.5 Å². The molecule has 6 nitrogen and oxygen atoms in total. The summed E-state index contributed by atoms with van der Waals surface area (Å²) in [6, 6.07) is 13.2. The fourth-order valence-corrected chi connectivity index (χ4v) is 1.81. The first-order valence-electron chi connectivity index (χ1n) is 5.60. The average molecular weight is 264 g/mol. The Morgan fingerprint density at radius 3 is 2.40 bits per heavy atom. The van der Waals surface area contributed by atoms with Crippen molar-refractivity contribution < 1.29 is 4.92 Å². The Morgan fingerprint density at radius 1 is 1.15 bits per heavy atom. The summed E-state index contributed by atoms with van der Waals surface area (Å²) in [7, 11) is 0. The van der Waals surface area contributed by atoms with Crippen LogP contribution in [0.2, 0.25) is 0 Å². The molecule has 0 bridgehead atoms. The summed E-state index contributed by atoms with van der Waals surface area (Å²) in [5, 5.41) is 32.3. The van der Waals surface area contributed by atoms with Crippen LogP contribution in [0.15, 0.2) is 48.2 Å². The molecule has 0 saturated carbocycles. The predicted molar refractivity (Wildman–Crippen MR) is 73.5 cm³/mol. The first kappa shape index (κ1) is 13.1. The lowest BCUT2D eigenvalue weighted by Crippen LogP contribution is -1.94. The molecule has 96 valence electrons. The average Bonchev–Trinajstić information content (AvgIpc) is 2.47. The zero-order valence-corrected chi connectivity index (χ0v) is 10.2. The number of allylic oxidation sites excluding steroid dienone is 1. The van der Waals surface area contributed by atoms with Gasteiger partial charge >= 0.3 is 0 Å². The molecule has 20 heavy (non-hydrogen) atoms. The first-order chi connectivity index (χ1) is 9.67. The number of fused-ring (bicyclic) bond motifs is 1. The standard InChI is InChI=1S/C14H8N4O2/c15-7-10(8-16)9-17-13-5-6-14(18(19)20)12-4-2-1-3-11(12)13/h1-6,9,17H. The predicted octanol–water partition coefficient (Wildman–Crippen LogP) is 3.09. The Bertz CT molecular complexity index is 781. The van der Waals surface area contributed by atoms with Gasteiger partial charge in [0.1, 0.15) is 17.7 Å². The van der Waals surface area contributed by atoms with E-state index in [-0.39, 0.29) is 11.3 Å². The number of rotatable bonds is 3. The van der Waals surface area contributed by atoms with E-state index < -0.39 is 4.92 Å². The molecule has 0 amide bonds. The van der Waals surface area contributed by atoms with Crippen LogP contribution in [0.5, 0.6) is 0 Å². The highest BCUT2D eigenvalue weighted by Gasteiger charge is 2.13. The van der Waals surface area contributed by atoms with Crippen LogP contribution >= 0.6 is 0 Å². The second-order valence-corrected chi connectivity index (χ2v) is 3.86. The van der Waals surface area contributed by atoms with Crippen molar-refractivity contribution in [2.45, 2.75) is 0 Å². The molecule has 0 aromatic heterocycles. The number of anilines is 1. The molecule has 2 rings (SSSR count). The third kappa shape index (κ3) is 2.40. The zero-order chi connectivity index (χ0) is 14.5. The Morgan fingerprint density at radius 2 is 1.80 bits per heavy atom. The summed E-state index contributed by atoms with van der Waals surface area (Å²) in [4.78, 5) is 10.5. The largest absolute Gasteiger partial charge is 0.359 e. The smallest absolute Gasteiger partial charge is 0.277 e. The molecule has 0 aliphatic carbocycles. The van der Waals surface area contributed by atoms with Gasteiger partial charge in [0, 0.05) is 23.3 Å². The minimum absolute atomic E-state index is 0.0101. The molecule has 0 radical (unpaired) electrons. The number of nitro groups is 1. The summed E-state index contributed by atoms with van der Waals surface area (Å²) >= 11 is 0. The van der Waals surface area contributed by atoms with Crippen molar-refractivity contribution in [1.29, 1.82) is 10.5 Å². The van der Waals surface area contributed by atoms with Crippen molar-refractivity contribution in [2.24, 2.45) is 0 Å². The molecular formula is C14H8N4O2. The van der Waals surface area contributed by atoms with E-state index in [2.05, 4.69) is 5.32 Å². The van der Waals surface area contributed by atoms with Crippen LogP contribution in [0.4, 0.5) is 11.4 Å². The Hall–Kier alpha value is -3.38. The minimum Gasteiger partial charge on any atom is -0.359 e. The van der Waals surface area contributed by atoms with Gasteiger partial charge < -0.3 is 5.32 Å². The lowest BCUT2D eigenvalue weighted by atomic mass is 10.1. The van der Waals surface area contributed by atoms with Crippen molar-refractivity contribution in [3.63, 3.8) is 0 Å². The van der Waals surface area contributed by atoms with E-state index in [1.807, 2.05) is 0 Å². The van der Waals surface area contributed by atoms with E-state index in [0.717, 1.165) is 0 Å². The minimum atomic E-state index is -0.446. The number of nitrogens with one attached hydrogen (secondary N) is 1. The molecular weight excluding hydrogens is 256 g/mol. The van der Waals surface area contributed by atoms with E-state index in [1.165, 1.54) is 12.3 Å². The van der Waals surface area contributed by atoms with Gasteiger partial charge in [0.15, 0.2) is 0 Å². The van der Waals surface area contributed by atoms with Crippen LogP contribution in [-0.4, -0.2) is 4.92 Å². The molecule has 0 spiro atoms. The van der Waals surface area contributed by atoms with Gasteiger partial charge in [-0.2, -0.15) is 10.5 Å². The molecule has 0 unspecified atom stereocenters. The maximum atomic E-state index is 11.0. The van der Waals surface area contributed by atoms with E-state index in [9.17, 15) is 10.1 Å². The topological polar surface area (TPSA) is 103 Å². The van der Waals surface area contributed by atoms with Crippen LogP contribution < -0.4 is 5.32 Å². The lowest BCUT2D eigenvalue weighted by molar-refractivity contribution is -0.383. The molecule has 0 heterocycles. The van der Waals surface area contributed by atoms with Crippen molar-refractivity contribution >= 4 is 22.1 Å². The second-order valence-electron chi connectivity index (χ2n) is 3.86. The maximum absolute atomic E-state index is 11.0. The van der Waals surface area contributed by atoms with Crippen LogP contribution in [0, 0.1) is 32.8 Å². The maximum Gasteiger partial charge on any atom is 0.277 e. The number of non-ortho nitro benzene ring substituents is 1. The van der Waals surface area contributed by atoms with Gasteiger partial charge in [-0.1, -0.05) is 18.2 Å². The summed E-state index contributed by atoms with van der Waals surface area (Å²) in [5.74, 6) is 0. The van der Waals surface area contributed by atoms with E-state index in [0.29, 0.717) is 16.5 Å². The third-order valence-electron chi connectivity index (χ3n) is 2.71. The summed E-state index contributed by atoms with van der Waals surface area (Å²) < 4.78 is 0. The summed E-state index contributed by atoms with van der Waals surface area (Å²) in [5.41, 5.74) is 0.526. The van der Waals surface area contributed by atoms with Crippen LogP contribution in [-0.2, 0) is 0 Å². The fraction of sp³-hybridized carbons (Fsp3) is 0. The van der Waals surface area contributed by atoms with E-state index in [1.54, 1.807) is 42.5 Å². The lowest BCUT2D eigenvalue weighted by Gasteiger charge is -2.06. The molecule has 0 saturated heterocycles. The molecule has 2 aromatic rings. The molecule has 0 atom stereocenters. The second kappa shape index (κ2) is 5.51. The fourth-order valence-electron chi connectivity index (χ4n) is 1.81. The first-order valence-corrected chi connectivity index (χ1v) is 5.60. The number of hydrogen-bond donors (Lipinski definition) is 1. The van der Waals surface area contributed by atoms with Gasteiger partial charge in [-0.15, -0.1) is 0 Å². The van der Waals surface area contributed by atoms with Crippen molar-refractivity contribution in [1.82, 2.24) is 0 Å². The molecule has 0 aliphatic rings. The Kier molecular flexibility index (Phi) is 3.60. The SMILES string of the molecule is N#CC(C#N)=CNc1ccc([N+](=O)[O-])c2ccccc12. The van der Waals surface area contributed by atoms with Crippen molar-refractivity contribution in [3.8, 4) is 12.1 Å². The van der Waals surface area contributed by atoms with Gasteiger partial charge in [-0.3, -0.25) is 10.1 Å². The number of hydrogen-bond acceptors (Lipinski definition) is 5. The third-order valence-corrected chi connectivity index (χ3v) is 2.71. The van der Waals surface area contributed by atoms with Gasteiger partial charge in [0.2, 0.25) is 0 Å². The highest BCUT2D eigenvalue weighted by molar-refractivity contribution is 5.99. The molecule has 0 aliphatic heterocycles. The molecule has 0 fully saturated rings. The van der Waals surface area contributed by atoms with Crippen LogP contribution in [0.3, 0.4) is 0 Å². The quantitative estimate of drug-likeness (QED) is 0.521. The highest BCUT2D eigenvalue weighted by Crippen LogP contribution is 2.31. The Balaban J connectivity index is 2.55. The van der Waals surface area contributed by atoms with Gasteiger partial charge in [-0.25, -0.2) is 0 Å².